The Bertz CT molecular complexity index is 551. The van der Waals surface area contributed by atoms with Crippen molar-refractivity contribution in [2.75, 3.05) is 0 Å². The number of nitrogens with zero attached hydrogens (tertiary/aromatic N) is 3. The second-order valence-electron chi connectivity index (χ2n) is 3.87. The lowest BCUT2D eigenvalue weighted by atomic mass is 10.3. The van der Waals surface area contributed by atoms with Crippen molar-refractivity contribution in [3.63, 3.8) is 0 Å². The van der Waals surface area contributed by atoms with Crippen LogP contribution in [0.3, 0.4) is 0 Å². The molecule has 18 heavy (non-hydrogen) atoms. The summed E-state index contributed by atoms with van der Waals surface area (Å²) in [4.78, 5) is 14.8. The fourth-order valence-electron chi connectivity index (χ4n) is 1.59. The van der Waals surface area contributed by atoms with Gasteiger partial charge in [0.05, 0.1) is 11.4 Å². The maximum Gasteiger partial charge on any atom is 0.354 e. The van der Waals surface area contributed by atoms with Gasteiger partial charge in [-0.3, -0.25) is 4.68 Å². The van der Waals surface area contributed by atoms with Crippen molar-refractivity contribution < 1.29 is 9.90 Å². The van der Waals surface area contributed by atoms with E-state index in [2.05, 4.69) is 15.4 Å². The topological polar surface area (TPSA) is 80.0 Å². The molecule has 0 saturated heterocycles. The lowest BCUT2D eigenvalue weighted by Gasteiger charge is -2.05. The van der Waals surface area contributed by atoms with Crippen molar-refractivity contribution in [2.45, 2.75) is 13.1 Å². The van der Waals surface area contributed by atoms with Crippen molar-refractivity contribution in [2.24, 2.45) is 7.05 Å². The highest BCUT2D eigenvalue weighted by atomic mass is 16.4. The summed E-state index contributed by atoms with van der Waals surface area (Å²) in [7, 11) is 1.88. The molecule has 0 saturated carbocycles. The van der Waals surface area contributed by atoms with E-state index < -0.39 is 5.97 Å². The fraction of sp³-hybridized carbons (Fsp3) is 0.250. The molecule has 0 spiro atoms. The smallest absolute Gasteiger partial charge is 0.354 e. The first-order valence-electron chi connectivity index (χ1n) is 5.53. The molecular formula is C12H14N4O2. The summed E-state index contributed by atoms with van der Waals surface area (Å²) in [5.41, 5.74) is 1.83. The van der Waals surface area contributed by atoms with E-state index in [9.17, 15) is 4.79 Å². The molecule has 0 radical (unpaired) electrons. The molecule has 2 aromatic rings. The molecule has 0 fully saturated rings. The average Bonchev–Trinajstić information content (AvgIpc) is 2.76. The van der Waals surface area contributed by atoms with Crippen molar-refractivity contribution in [3.8, 4) is 0 Å². The predicted octanol–water partition coefficient (Wildman–Crippen LogP) is 0.803. The summed E-state index contributed by atoms with van der Waals surface area (Å²) < 4.78 is 1.79. The van der Waals surface area contributed by atoms with Crippen LogP contribution in [0.5, 0.6) is 0 Å². The van der Waals surface area contributed by atoms with Crippen molar-refractivity contribution in [1.82, 2.24) is 20.1 Å². The van der Waals surface area contributed by atoms with Gasteiger partial charge < -0.3 is 10.4 Å². The van der Waals surface area contributed by atoms with Gasteiger partial charge >= 0.3 is 5.97 Å². The molecule has 0 unspecified atom stereocenters. The third kappa shape index (κ3) is 2.92. The zero-order valence-electron chi connectivity index (χ0n) is 10.00. The van der Waals surface area contributed by atoms with Crippen molar-refractivity contribution >= 4 is 5.97 Å². The van der Waals surface area contributed by atoms with E-state index in [1.54, 1.807) is 23.0 Å². The number of rotatable bonds is 5. The predicted molar refractivity (Wildman–Crippen MR) is 64.9 cm³/mol. The van der Waals surface area contributed by atoms with Crippen LogP contribution in [0.1, 0.15) is 21.9 Å². The molecule has 6 nitrogen and oxygen atoms in total. The van der Waals surface area contributed by atoms with Gasteiger partial charge in [0.1, 0.15) is 5.69 Å². The van der Waals surface area contributed by atoms with E-state index >= 15 is 0 Å². The Labute approximate surface area is 104 Å². The van der Waals surface area contributed by atoms with Crippen LogP contribution in [0.4, 0.5) is 0 Å². The van der Waals surface area contributed by atoms with Crippen molar-refractivity contribution in [1.29, 1.82) is 0 Å². The molecule has 0 atom stereocenters. The largest absolute Gasteiger partial charge is 0.477 e. The molecule has 0 bridgehead atoms. The van der Waals surface area contributed by atoms with Crippen LogP contribution in [0.25, 0.3) is 0 Å². The van der Waals surface area contributed by atoms with Gasteiger partial charge in [-0.25, -0.2) is 9.78 Å². The summed E-state index contributed by atoms with van der Waals surface area (Å²) in [6.45, 7) is 1.18. The minimum atomic E-state index is -1.01. The number of nitrogens with one attached hydrogen (secondary N) is 1. The molecule has 2 heterocycles. The highest BCUT2D eigenvalue weighted by Gasteiger charge is 2.05. The number of hydrogen-bond donors (Lipinski definition) is 2. The molecule has 0 amide bonds. The van der Waals surface area contributed by atoms with Crippen LogP contribution in [0.2, 0.25) is 0 Å². The van der Waals surface area contributed by atoms with Crippen LogP contribution in [0, 0.1) is 0 Å². The Hall–Kier alpha value is -2.21. The van der Waals surface area contributed by atoms with Crippen molar-refractivity contribution in [3.05, 3.63) is 47.5 Å². The first-order chi connectivity index (χ1) is 8.66. The van der Waals surface area contributed by atoms with Gasteiger partial charge in [0.15, 0.2) is 0 Å². The van der Waals surface area contributed by atoms with Gasteiger partial charge in [-0.2, -0.15) is 5.10 Å². The Morgan fingerprint density at radius 2 is 2.22 bits per heavy atom. The molecule has 0 aliphatic carbocycles. The molecule has 2 aromatic heterocycles. The van der Waals surface area contributed by atoms with Crippen LogP contribution < -0.4 is 5.32 Å². The maximum atomic E-state index is 10.8. The molecule has 2 N–H and O–H groups in total. The number of carboxylic acid groups (broad SMARTS) is 1. The van der Waals surface area contributed by atoms with E-state index in [0.29, 0.717) is 18.8 Å². The van der Waals surface area contributed by atoms with Gasteiger partial charge in [-0.1, -0.05) is 6.07 Å². The summed E-state index contributed by atoms with van der Waals surface area (Å²) in [5.74, 6) is -1.01. The molecule has 6 heteroatoms. The minimum absolute atomic E-state index is 0.0647. The molecule has 2 rings (SSSR count). The highest BCUT2D eigenvalue weighted by Crippen LogP contribution is 2.01. The normalized spacial score (nSPS) is 10.5. The Morgan fingerprint density at radius 3 is 2.89 bits per heavy atom. The number of aryl methyl sites for hydroxylation is 1. The van der Waals surface area contributed by atoms with E-state index in [4.69, 9.17) is 5.11 Å². The van der Waals surface area contributed by atoms with E-state index in [0.717, 1.165) is 5.69 Å². The molecule has 0 aromatic carbocycles. The number of carbonyl (C=O) groups is 1. The first-order valence-corrected chi connectivity index (χ1v) is 5.53. The maximum absolute atomic E-state index is 10.8. The van der Waals surface area contributed by atoms with Gasteiger partial charge in [-0.15, -0.1) is 0 Å². The van der Waals surface area contributed by atoms with E-state index in [1.165, 1.54) is 6.07 Å². The molecule has 0 aliphatic heterocycles. The minimum Gasteiger partial charge on any atom is -0.477 e. The lowest BCUT2D eigenvalue weighted by Crippen LogP contribution is -2.16. The number of hydrogen-bond acceptors (Lipinski definition) is 4. The SMILES string of the molecule is Cn1nccc1CNCc1cccc(C(=O)O)n1. The standard InChI is InChI=1S/C12H14N4O2/c1-16-10(5-6-14-16)8-13-7-9-3-2-4-11(15-9)12(17)18/h2-6,13H,7-8H2,1H3,(H,17,18). The zero-order chi connectivity index (χ0) is 13.0. The van der Waals surface area contributed by atoms with Gasteiger partial charge in [-0.05, 0) is 18.2 Å². The number of aromatic carboxylic acids is 1. The first kappa shape index (κ1) is 12.3. The summed E-state index contributed by atoms with van der Waals surface area (Å²) >= 11 is 0. The molecular weight excluding hydrogens is 232 g/mol. The monoisotopic (exact) mass is 246 g/mol. The average molecular weight is 246 g/mol. The number of aromatic nitrogens is 3. The van der Waals surface area contributed by atoms with Crippen LogP contribution in [0.15, 0.2) is 30.5 Å². The van der Waals surface area contributed by atoms with Crippen LogP contribution in [-0.2, 0) is 20.1 Å². The third-order valence-corrected chi connectivity index (χ3v) is 2.56. The van der Waals surface area contributed by atoms with E-state index in [1.807, 2.05) is 13.1 Å². The summed E-state index contributed by atoms with van der Waals surface area (Å²) in [6, 6.07) is 6.89. The van der Waals surface area contributed by atoms with Gasteiger partial charge in [0.2, 0.25) is 0 Å². The quantitative estimate of drug-likeness (QED) is 0.815. The highest BCUT2D eigenvalue weighted by molar-refractivity contribution is 5.85. The van der Waals surface area contributed by atoms with E-state index in [-0.39, 0.29) is 5.69 Å². The fourth-order valence-corrected chi connectivity index (χ4v) is 1.59. The number of carboxylic acids is 1. The summed E-state index contributed by atoms with van der Waals surface area (Å²) in [6.07, 6.45) is 1.74. The van der Waals surface area contributed by atoms with Gasteiger partial charge in [0.25, 0.3) is 0 Å². The second-order valence-corrected chi connectivity index (χ2v) is 3.87. The number of pyridine rings is 1. The Morgan fingerprint density at radius 1 is 1.39 bits per heavy atom. The molecule has 94 valence electrons. The third-order valence-electron chi connectivity index (χ3n) is 2.56. The second kappa shape index (κ2) is 5.42. The lowest BCUT2D eigenvalue weighted by molar-refractivity contribution is 0.0690. The summed E-state index contributed by atoms with van der Waals surface area (Å²) in [5, 5.41) is 16.1. The Kier molecular flexibility index (Phi) is 3.69. The zero-order valence-corrected chi connectivity index (χ0v) is 10.00. The Balaban J connectivity index is 1.92. The molecule has 0 aliphatic rings. The van der Waals surface area contributed by atoms with Crippen LogP contribution >= 0.6 is 0 Å². The van der Waals surface area contributed by atoms with Gasteiger partial charge in [0, 0.05) is 26.3 Å². The van der Waals surface area contributed by atoms with Crippen LogP contribution in [-0.4, -0.2) is 25.8 Å².